The van der Waals surface area contributed by atoms with Crippen LogP contribution in [0.15, 0.2) is 18.2 Å². The summed E-state index contributed by atoms with van der Waals surface area (Å²) in [4.78, 5) is 10.7. The number of nitrogens with zero attached hydrogens (tertiary/aromatic N) is 5. The molecule has 0 saturated carbocycles. The number of likely N-dealkylation sites (N-methyl/N-ethyl adjacent to an activating group) is 1. The predicted molar refractivity (Wildman–Crippen MR) is 109 cm³/mol. The summed E-state index contributed by atoms with van der Waals surface area (Å²) in [5, 5.41) is 16.2. The van der Waals surface area contributed by atoms with E-state index in [4.69, 9.17) is 23.2 Å². The van der Waals surface area contributed by atoms with Gasteiger partial charge in [0.25, 0.3) is 0 Å². The molecule has 1 saturated heterocycles. The minimum atomic E-state index is -0.118. The number of hydrogen-bond acceptors (Lipinski definition) is 6. The van der Waals surface area contributed by atoms with E-state index in [1.165, 1.54) is 15.9 Å². The smallest absolute Gasteiger partial charge is 0.230 e. The molecule has 0 aliphatic carbocycles. The predicted octanol–water partition coefficient (Wildman–Crippen LogP) is 3.84. The average Bonchev–Trinajstić information content (AvgIpc) is 3.16. The number of halogens is 2. The molecule has 9 heteroatoms. The van der Waals surface area contributed by atoms with Crippen LogP contribution in [0, 0.1) is 6.92 Å². The van der Waals surface area contributed by atoms with Gasteiger partial charge in [-0.1, -0.05) is 47.5 Å². The molecule has 27 heavy (non-hydrogen) atoms. The zero-order chi connectivity index (χ0) is 19.1. The highest BCUT2D eigenvalue weighted by atomic mass is 35.5. The molecule has 2 aromatic heterocycles. The van der Waals surface area contributed by atoms with Gasteiger partial charge in [-0.3, -0.25) is 4.90 Å². The number of rotatable bonds is 4. The van der Waals surface area contributed by atoms with Crippen molar-refractivity contribution >= 4 is 39.5 Å². The molecule has 0 radical (unpaired) electrons. The van der Waals surface area contributed by atoms with Crippen LogP contribution in [0.4, 0.5) is 0 Å². The van der Waals surface area contributed by atoms with Crippen molar-refractivity contribution in [3.63, 3.8) is 0 Å². The maximum atomic E-state index is 10.9. The van der Waals surface area contributed by atoms with E-state index >= 15 is 0 Å². The Labute approximate surface area is 171 Å². The van der Waals surface area contributed by atoms with Crippen molar-refractivity contribution in [2.24, 2.45) is 0 Å². The maximum Gasteiger partial charge on any atom is 0.230 e. The standard InChI is InChI=1S/C18H21Cl2N5OS/c1-3-23-6-8-24(9-7-23)15(12-4-5-13(19)14(20)10-12)16-17(26)25-18(27-16)21-11(2)22-25/h4-5,10,15,26H,3,6-9H2,1-2H3/t15-/m0/s1. The molecule has 3 heterocycles. The molecular weight excluding hydrogens is 405 g/mol. The molecule has 144 valence electrons. The van der Waals surface area contributed by atoms with Crippen molar-refractivity contribution in [1.29, 1.82) is 0 Å². The van der Waals surface area contributed by atoms with Gasteiger partial charge in [0.1, 0.15) is 5.82 Å². The number of piperazine rings is 1. The first-order chi connectivity index (χ1) is 13.0. The SMILES string of the molecule is CCN1CCN([C@@H](c2ccc(Cl)c(Cl)c2)c2sc3nc(C)nn3c2O)CC1. The average molecular weight is 426 g/mol. The Morgan fingerprint density at radius 1 is 1.19 bits per heavy atom. The summed E-state index contributed by atoms with van der Waals surface area (Å²) >= 11 is 13.9. The fourth-order valence-electron chi connectivity index (χ4n) is 3.57. The monoisotopic (exact) mass is 425 g/mol. The van der Waals surface area contributed by atoms with Crippen molar-refractivity contribution in [3.05, 3.63) is 44.5 Å². The first-order valence-corrected chi connectivity index (χ1v) is 10.5. The largest absolute Gasteiger partial charge is 0.492 e. The normalized spacial score (nSPS) is 17.6. The molecule has 0 spiro atoms. The topological polar surface area (TPSA) is 56.9 Å². The first-order valence-electron chi connectivity index (χ1n) is 8.94. The number of hydrogen-bond donors (Lipinski definition) is 1. The van der Waals surface area contributed by atoms with Gasteiger partial charge < -0.3 is 10.0 Å². The van der Waals surface area contributed by atoms with Crippen LogP contribution in [-0.2, 0) is 0 Å². The Balaban J connectivity index is 1.78. The van der Waals surface area contributed by atoms with Gasteiger partial charge in [-0.25, -0.2) is 4.98 Å². The van der Waals surface area contributed by atoms with E-state index < -0.39 is 0 Å². The number of aromatic nitrogens is 3. The van der Waals surface area contributed by atoms with Crippen molar-refractivity contribution < 1.29 is 5.11 Å². The molecule has 1 aromatic carbocycles. The summed E-state index contributed by atoms with van der Waals surface area (Å²) < 4.78 is 1.52. The van der Waals surface area contributed by atoms with E-state index in [9.17, 15) is 5.11 Å². The minimum absolute atomic E-state index is 0.118. The van der Waals surface area contributed by atoms with Gasteiger partial charge in [0.15, 0.2) is 0 Å². The number of fused-ring (bicyclic) bond motifs is 1. The number of thiazole rings is 1. The molecule has 1 fully saturated rings. The molecule has 1 aliphatic heterocycles. The van der Waals surface area contributed by atoms with E-state index in [0.29, 0.717) is 20.8 Å². The van der Waals surface area contributed by atoms with Crippen LogP contribution in [-0.4, -0.2) is 62.2 Å². The molecular formula is C18H21Cl2N5OS. The Bertz CT molecular complexity index is 964. The van der Waals surface area contributed by atoms with Crippen LogP contribution in [0.25, 0.3) is 4.96 Å². The fourth-order valence-corrected chi connectivity index (χ4v) is 5.04. The van der Waals surface area contributed by atoms with Crippen molar-refractivity contribution in [3.8, 4) is 5.88 Å². The molecule has 4 rings (SSSR count). The number of benzene rings is 1. The molecule has 0 amide bonds. The summed E-state index contributed by atoms with van der Waals surface area (Å²) in [5.41, 5.74) is 1.01. The van der Waals surface area contributed by atoms with Gasteiger partial charge in [0, 0.05) is 26.2 Å². The Morgan fingerprint density at radius 2 is 1.93 bits per heavy atom. The van der Waals surface area contributed by atoms with Crippen LogP contribution in [0.2, 0.25) is 10.0 Å². The van der Waals surface area contributed by atoms with E-state index in [0.717, 1.165) is 43.2 Å². The van der Waals surface area contributed by atoms with Crippen LogP contribution in [0.3, 0.4) is 0 Å². The number of aryl methyl sites for hydroxylation is 1. The van der Waals surface area contributed by atoms with Gasteiger partial charge in [0.2, 0.25) is 10.8 Å². The van der Waals surface area contributed by atoms with Crippen molar-refractivity contribution in [2.45, 2.75) is 19.9 Å². The second-order valence-corrected chi connectivity index (χ2v) is 8.51. The summed E-state index contributed by atoms with van der Waals surface area (Å²) in [7, 11) is 0. The lowest BCUT2D eigenvalue weighted by Crippen LogP contribution is -2.47. The third kappa shape index (κ3) is 3.54. The van der Waals surface area contributed by atoms with E-state index in [1.807, 2.05) is 25.1 Å². The van der Waals surface area contributed by atoms with E-state index in [1.54, 1.807) is 0 Å². The Hall–Kier alpha value is -1.38. The quantitative estimate of drug-likeness (QED) is 0.687. The third-order valence-corrected chi connectivity index (χ3v) is 6.84. The summed E-state index contributed by atoms with van der Waals surface area (Å²) in [6, 6.07) is 5.56. The van der Waals surface area contributed by atoms with Gasteiger partial charge in [0.05, 0.1) is 21.0 Å². The molecule has 0 unspecified atom stereocenters. The highest BCUT2D eigenvalue weighted by molar-refractivity contribution is 7.17. The van der Waals surface area contributed by atoms with Gasteiger partial charge >= 0.3 is 0 Å². The highest BCUT2D eigenvalue weighted by Gasteiger charge is 2.31. The highest BCUT2D eigenvalue weighted by Crippen LogP contribution is 2.41. The van der Waals surface area contributed by atoms with Gasteiger partial charge in [-0.05, 0) is 31.2 Å². The third-order valence-electron chi connectivity index (χ3n) is 5.03. The summed E-state index contributed by atoms with van der Waals surface area (Å²) in [6.45, 7) is 8.85. The lowest BCUT2D eigenvalue weighted by molar-refractivity contribution is 0.113. The second-order valence-electron chi connectivity index (χ2n) is 6.69. The lowest BCUT2D eigenvalue weighted by atomic mass is 10.0. The van der Waals surface area contributed by atoms with Gasteiger partial charge in [-0.2, -0.15) is 4.52 Å². The summed E-state index contributed by atoms with van der Waals surface area (Å²) in [6.07, 6.45) is 0. The van der Waals surface area contributed by atoms with Crippen molar-refractivity contribution in [2.75, 3.05) is 32.7 Å². The molecule has 1 aliphatic rings. The van der Waals surface area contributed by atoms with Crippen LogP contribution < -0.4 is 0 Å². The molecule has 0 bridgehead atoms. The van der Waals surface area contributed by atoms with Crippen LogP contribution in [0.1, 0.15) is 29.2 Å². The minimum Gasteiger partial charge on any atom is -0.492 e. The lowest BCUT2D eigenvalue weighted by Gasteiger charge is -2.38. The molecule has 1 N–H and O–H groups in total. The van der Waals surface area contributed by atoms with Gasteiger partial charge in [-0.15, -0.1) is 5.10 Å². The Kier molecular flexibility index (Phi) is 5.31. The first kappa shape index (κ1) is 19.0. The number of aromatic hydroxyl groups is 1. The zero-order valence-electron chi connectivity index (χ0n) is 15.2. The Morgan fingerprint density at radius 3 is 2.56 bits per heavy atom. The van der Waals surface area contributed by atoms with Crippen molar-refractivity contribution in [1.82, 2.24) is 24.4 Å². The second kappa shape index (κ2) is 7.56. The maximum absolute atomic E-state index is 10.9. The fraction of sp³-hybridized carbons (Fsp3) is 0.444. The van der Waals surface area contributed by atoms with E-state index in [2.05, 4.69) is 26.8 Å². The molecule has 1 atom stereocenters. The van der Waals surface area contributed by atoms with Crippen LogP contribution in [0.5, 0.6) is 5.88 Å². The molecule has 3 aromatic rings. The zero-order valence-corrected chi connectivity index (χ0v) is 17.5. The van der Waals surface area contributed by atoms with Crippen LogP contribution >= 0.6 is 34.5 Å². The summed E-state index contributed by atoms with van der Waals surface area (Å²) in [5.74, 6) is 0.787. The van der Waals surface area contributed by atoms with E-state index in [-0.39, 0.29) is 11.9 Å². The molecule has 6 nitrogen and oxygen atoms in total.